The topological polar surface area (TPSA) is 38.9 Å². The summed E-state index contributed by atoms with van der Waals surface area (Å²) >= 11 is 1.83. The van der Waals surface area contributed by atoms with E-state index in [1.165, 1.54) is 15.6 Å². The first-order chi connectivity index (χ1) is 6.42. The zero-order chi connectivity index (χ0) is 10.8. The quantitative estimate of drug-likeness (QED) is 0.833. The molecule has 0 aliphatic rings. The standard InChI is InChI=1S/C11H20N2S/c1-5-10-13-8(2)9(14-10)6-7-11(3,4)12/h5-7,12H2,1-4H3. The van der Waals surface area contributed by atoms with Crippen LogP contribution in [0.1, 0.15) is 42.8 Å². The Hall–Kier alpha value is -0.410. The third-order valence-electron chi connectivity index (χ3n) is 2.24. The highest BCUT2D eigenvalue weighted by atomic mass is 32.1. The Morgan fingerprint density at radius 2 is 2.07 bits per heavy atom. The maximum atomic E-state index is 5.96. The van der Waals surface area contributed by atoms with E-state index in [4.69, 9.17) is 5.73 Å². The minimum atomic E-state index is -0.0667. The van der Waals surface area contributed by atoms with Crippen molar-refractivity contribution in [1.29, 1.82) is 0 Å². The summed E-state index contributed by atoms with van der Waals surface area (Å²) in [6.45, 7) is 8.39. The van der Waals surface area contributed by atoms with Gasteiger partial charge in [0, 0.05) is 10.4 Å². The van der Waals surface area contributed by atoms with E-state index in [1.807, 2.05) is 11.3 Å². The first-order valence-corrected chi connectivity index (χ1v) is 5.98. The Bertz CT molecular complexity index is 297. The fraction of sp³-hybridized carbons (Fsp3) is 0.727. The van der Waals surface area contributed by atoms with Gasteiger partial charge in [-0.1, -0.05) is 6.92 Å². The minimum absolute atomic E-state index is 0.0667. The summed E-state index contributed by atoms with van der Waals surface area (Å²) in [7, 11) is 0. The molecule has 0 radical (unpaired) electrons. The molecule has 0 bridgehead atoms. The van der Waals surface area contributed by atoms with Gasteiger partial charge >= 0.3 is 0 Å². The predicted molar refractivity (Wildman–Crippen MR) is 62.8 cm³/mol. The summed E-state index contributed by atoms with van der Waals surface area (Å²) in [5.74, 6) is 0. The van der Waals surface area contributed by atoms with Crippen LogP contribution in [0.2, 0.25) is 0 Å². The Morgan fingerprint density at radius 3 is 2.50 bits per heavy atom. The van der Waals surface area contributed by atoms with Gasteiger partial charge in [-0.05, 0) is 40.0 Å². The average Bonchev–Trinajstić information content (AvgIpc) is 2.42. The molecule has 1 heterocycles. The molecule has 0 aromatic carbocycles. The molecule has 0 unspecified atom stereocenters. The van der Waals surface area contributed by atoms with Crippen molar-refractivity contribution in [3.8, 4) is 0 Å². The number of aryl methyl sites for hydroxylation is 3. The Morgan fingerprint density at radius 1 is 1.43 bits per heavy atom. The van der Waals surface area contributed by atoms with E-state index in [0.29, 0.717) is 0 Å². The van der Waals surface area contributed by atoms with Crippen molar-refractivity contribution >= 4 is 11.3 Å². The summed E-state index contributed by atoms with van der Waals surface area (Å²) < 4.78 is 0. The Balaban J connectivity index is 2.63. The van der Waals surface area contributed by atoms with Crippen LogP contribution in [0.4, 0.5) is 0 Å². The maximum absolute atomic E-state index is 5.96. The fourth-order valence-electron chi connectivity index (χ4n) is 1.31. The van der Waals surface area contributed by atoms with Gasteiger partial charge in [0.15, 0.2) is 0 Å². The van der Waals surface area contributed by atoms with Crippen molar-refractivity contribution in [2.75, 3.05) is 0 Å². The summed E-state index contributed by atoms with van der Waals surface area (Å²) in [4.78, 5) is 5.91. The number of thiazole rings is 1. The molecule has 1 aromatic rings. The molecule has 0 spiro atoms. The van der Waals surface area contributed by atoms with Gasteiger partial charge in [-0.3, -0.25) is 0 Å². The van der Waals surface area contributed by atoms with Gasteiger partial charge in [0.05, 0.1) is 10.7 Å². The molecule has 80 valence electrons. The number of aromatic nitrogens is 1. The van der Waals surface area contributed by atoms with Gasteiger partial charge < -0.3 is 5.73 Å². The average molecular weight is 212 g/mol. The maximum Gasteiger partial charge on any atom is 0.0928 e. The second-order valence-electron chi connectivity index (χ2n) is 4.46. The minimum Gasteiger partial charge on any atom is -0.326 e. The normalized spacial score (nSPS) is 12.1. The zero-order valence-corrected chi connectivity index (χ0v) is 10.4. The van der Waals surface area contributed by atoms with Crippen molar-refractivity contribution in [2.45, 2.75) is 52.5 Å². The van der Waals surface area contributed by atoms with Crippen LogP contribution in [0.25, 0.3) is 0 Å². The first kappa shape index (κ1) is 11.7. The van der Waals surface area contributed by atoms with Gasteiger partial charge in [0.25, 0.3) is 0 Å². The molecule has 2 nitrogen and oxygen atoms in total. The van der Waals surface area contributed by atoms with E-state index < -0.39 is 0 Å². The SMILES string of the molecule is CCc1nc(C)c(CCC(C)(C)N)s1. The molecule has 1 aromatic heterocycles. The van der Waals surface area contributed by atoms with E-state index >= 15 is 0 Å². The van der Waals surface area contributed by atoms with Crippen LogP contribution in [0, 0.1) is 6.92 Å². The molecule has 0 aliphatic carbocycles. The predicted octanol–water partition coefficient (Wildman–Crippen LogP) is 2.68. The molecule has 0 fully saturated rings. The number of rotatable bonds is 4. The van der Waals surface area contributed by atoms with Crippen LogP contribution in [0.5, 0.6) is 0 Å². The summed E-state index contributed by atoms with van der Waals surface area (Å²) in [5, 5.41) is 1.24. The molecule has 0 aliphatic heterocycles. The van der Waals surface area contributed by atoms with Gasteiger partial charge in [0.1, 0.15) is 0 Å². The third-order valence-corrected chi connectivity index (χ3v) is 3.60. The van der Waals surface area contributed by atoms with Crippen molar-refractivity contribution in [1.82, 2.24) is 4.98 Å². The summed E-state index contributed by atoms with van der Waals surface area (Å²) in [5.41, 5.74) is 7.08. The van der Waals surface area contributed by atoms with E-state index in [1.54, 1.807) is 0 Å². The van der Waals surface area contributed by atoms with E-state index in [-0.39, 0.29) is 5.54 Å². The Kier molecular flexibility index (Phi) is 3.67. The van der Waals surface area contributed by atoms with Gasteiger partial charge in [0.2, 0.25) is 0 Å². The molecule has 3 heteroatoms. The molecule has 2 N–H and O–H groups in total. The molecule has 0 amide bonds. The first-order valence-electron chi connectivity index (χ1n) is 5.16. The Labute approximate surface area is 90.6 Å². The second-order valence-corrected chi connectivity index (χ2v) is 5.63. The van der Waals surface area contributed by atoms with Crippen molar-refractivity contribution < 1.29 is 0 Å². The van der Waals surface area contributed by atoms with Crippen LogP contribution in [-0.4, -0.2) is 10.5 Å². The lowest BCUT2D eigenvalue weighted by molar-refractivity contribution is 0.478. The molecule has 0 atom stereocenters. The largest absolute Gasteiger partial charge is 0.326 e. The van der Waals surface area contributed by atoms with Crippen LogP contribution < -0.4 is 5.73 Å². The van der Waals surface area contributed by atoms with Crippen LogP contribution in [0.3, 0.4) is 0 Å². The van der Waals surface area contributed by atoms with Gasteiger partial charge in [-0.2, -0.15) is 0 Å². The van der Waals surface area contributed by atoms with Crippen LogP contribution in [0.15, 0.2) is 0 Å². The van der Waals surface area contributed by atoms with Crippen LogP contribution >= 0.6 is 11.3 Å². The van der Waals surface area contributed by atoms with Gasteiger partial charge in [-0.15, -0.1) is 11.3 Å². The molecule has 1 rings (SSSR count). The number of nitrogens with zero attached hydrogens (tertiary/aromatic N) is 1. The van der Waals surface area contributed by atoms with E-state index in [2.05, 4.69) is 32.7 Å². The highest BCUT2D eigenvalue weighted by molar-refractivity contribution is 7.11. The van der Waals surface area contributed by atoms with E-state index in [0.717, 1.165) is 19.3 Å². The van der Waals surface area contributed by atoms with Crippen molar-refractivity contribution in [3.05, 3.63) is 15.6 Å². The lowest BCUT2D eigenvalue weighted by atomic mass is 9.99. The van der Waals surface area contributed by atoms with Crippen molar-refractivity contribution in [3.63, 3.8) is 0 Å². The molecular formula is C11H20N2S. The lowest BCUT2D eigenvalue weighted by Crippen LogP contribution is -2.32. The number of nitrogens with two attached hydrogens (primary N) is 1. The molecule has 0 saturated heterocycles. The fourth-order valence-corrected chi connectivity index (χ4v) is 2.32. The molecule has 14 heavy (non-hydrogen) atoms. The van der Waals surface area contributed by atoms with E-state index in [9.17, 15) is 0 Å². The summed E-state index contributed by atoms with van der Waals surface area (Å²) in [6.07, 6.45) is 3.13. The highest BCUT2D eigenvalue weighted by Gasteiger charge is 2.13. The highest BCUT2D eigenvalue weighted by Crippen LogP contribution is 2.21. The zero-order valence-electron chi connectivity index (χ0n) is 9.55. The van der Waals surface area contributed by atoms with Gasteiger partial charge in [-0.25, -0.2) is 4.98 Å². The summed E-state index contributed by atoms with van der Waals surface area (Å²) in [6, 6.07) is 0. The number of hydrogen-bond acceptors (Lipinski definition) is 3. The molecule has 0 saturated carbocycles. The van der Waals surface area contributed by atoms with Crippen molar-refractivity contribution in [2.24, 2.45) is 5.73 Å². The smallest absolute Gasteiger partial charge is 0.0928 e. The molecular weight excluding hydrogens is 192 g/mol. The lowest BCUT2D eigenvalue weighted by Gasteiger charge is -2.17. The third kappa shape index (κ3) is 3.39. The second kappa shape index (κ2) is 4.41. The monoisotopic (exact) mass is 212 g/mol. The van der Waals surface area contributed by atoms with Crippen LogP contribution in [-0.2, 0) is 12.8 Å². The number of hydrogen-bond donors (Lipinski definition) is 1.